The monoisotopic (exact) mass is 553 g/mol. The Labute approximate surface area is 250 Å². The van der Waals surface area contributed by atoms with Gasteiger partial charge in [-0.2, -0.15) is 0 Å². The fraction of sp³-hybridized carbons (Fsp3) is 0.0263. The maximum Gasteiger partial charge on any atom is 0.164 e. The van der Waals surface area contributed by atoms with Crippen LogP contribution in [0.2, 0.25) is 0 Å². The van der Waals surface area contributed by atoms with E-state index in [0.29, 0.717) is 17.5 Å². The highest BCUT2D eigenvalue weighted by Gasteiger charge is 2.16. The second kappa shape index (κ2) is 11.6. The van der Waals surface area contributed by atoms with E-state index in [2.05, 4.69) is 65.6 Å². The third-order valence-corrected chi connectivity index (χ3v) is 7.24. The molecule has 0 unspecified atom stereocenters. The van der Waals surface area contributed by atoms with Crippen molar-refractivity contribution >= 4 is 0 Å². The van der Waals surface area contributed by atoms with Crippen molar-refractivity contribution in [2.75, 3.05) is 0 Å². The van der Waals surface area contributed by atoms with Crippen LogP contribution in [0, 0.1) is 6.92 Å². The first-order valence-corrected chi connectivity index (χ1v) is 14.2. The van der Waals surface area contributed by atoms with Gasteiger partial charge in [-0.15, -0.1) is 0 Å². The molecule has 0 saturated carbocycles. The van der Waals surface area contributed by atoms with E-state index in [0.717, 1.165) is 55.9 Å². The Bertz CT molecular complexity index is 1950. The van der Waals surface area contributed by atoms with Crippen LogP contribution in [0.15, 0.2) is 146 Å². The van der Waals surface area contributed by atoms with E-state index in [9.17, 15) is 0 Å². The van der Waals surface area contributed by atoms with Crippen molar-refractivity contribution in [3.63, 3.8) is 0 Å². The number of hydrogen-bond acceptors (Lipinski definition) is 5. The number of nitrogens with zero attached hydrogens (tertiary/aromatic N) is 5. The molecule has 0 radical (unpaired) electrons. The number of pyridine rings is 2. The third kappa shape index (κ3) is 5.69. The minimum absolute atomic E-state index is 0.593. The van der Waals surface area contributed by atoms with Crippen molar-refractivity contribution in [2.24, 2.45) is 0 Å². The highest BCUT2D eigenvalue weighted by atomic mass is 15.0. The lowest BCUT2D eigenvalue weighted by molar-refractivity contribution is 1.07. The fourth-order valence-electron chi connectivity index (χ4n) is 5.16. The number of rotatable bonds is 6. The predicted octanol–water partition coefficient (Wildman–Crippen LogP) is 8.97. The zero-order valence-corrected chi connectivity index (χ0v) is 23.6. The Morgan fingerprint density at radius 1 is 0.372 bits per heavy atom. The Kier molecular flexibility index (Phi) is 7.04. The van der Waals surface area contributed by atoms with Crippen LogP contribution in [0.4, 0.5) is 0 Å². The molecule has 4 aromatic carbocycles. The van der Waals surface area contributed by atoms with Gasteiger partial charge in [0, 0.05) is 45.9 Å². The molecule has 3 heterocycles. The van der Waals surface area contributed by atoms with E-state index in [1.54, 1.807) is 6.20 Å². The highest BCUT2D eigenvalue weighted by Crippen LogP contribution is 2.34. The second-order valence-corrected chi connectivity index (χ2v) is 10.3. The van der Waals surface area contributed by atoms with Crippen LogP contribution in [0.5, 0.6) is 0 Å². The molecular formula is C38H27N5. The molecule has 204 valence electrons. The van der Waals surface area contributed by atoms with Gasteiger partial charge in [-0.05, 0) is 60.0 Å². The quantitative estimate of drug-likeness (QED) is 0.206. The largest absolute Gasteiger partial charge is 0.264 e. The van der Waals surface area contributed by atoms with Crippen molar-refractivity contribution < 1.29 is 0 Å². The number of hydrogen-bond donors (Lipinski definition) is 0. The lowest BCUT2D eigenvalue weighted by Crippen LogP contribution is -2.00. The molecule has 0 saturated heterocycles. The first-order valence-electron chi connectivity index (χ1n) is 14.2. The number of aromatic nitrogens is 5. The van der Waals surface area contributed by atoms with E-state index in [4.69, 9.17) is 19.9 Å². The van der Waals surface area contributed by atoms with Crippen LogP contribution < -0.4 is 0 Å². The van der Waals surface area contributed by atoms with Gasteiger partial charge in [-0.1, -0.05) is 97.1 Å². The Balaban J connectivity index is 1.45. The summed E-state index contributed by atoms with van der Waals surface area (Å²) in [6, 6.07) is 45.1. The van der Waals surface area contributed by atoms with Gasteiger partial charge >= 0.3 is 0 Å². The molecule has 0 atom stereocenters. The van der Waals surface area contributed by atoms with Crippen molar-refractivity contribution in [1.29, 1.82) is 0 Å². The second-order valence-electron chi connectivity index (χ2n) is 10.3. The summed E-state index contributed by atoms with van der Waals surface area (Å²) in [6.07, 6.45) is 3.66. The maximum absolute atomic E-state index is 4.99. The normalized spacial score (nSPS) is 10.9. The van der Waals surface area contributed by atoms with Crippen LogP contribution in [-0.4, -0.2) is 24.9 Å². The van der Waals surface area contributed by atoms with Crippen molar-refractivity contribution in [1.82, 2.24) is 24.9 Å². The Morgan fingerprint density at radius 3 is 1.44 bits per heavy atom. The molecule has 0 N–H and O–H groups in total. The maximum atomic E-state index is 4.99. The Morgan fingerprint density at radius 2 is 0.860 bits per heavy atom. The predicted molar refractivity (Wildman–Crippen MR) is 173 cm³/mol. The first kappa shape index (κ1) is 26.1. The summed E-state index contributed by atoms with van der Waals surface area (Å²) in [6.45, 7) is 2.03. The fourth-order valence-corrected chi connectivity index (χ4v) is 5.16. The van der Waals surface area contributed by atoms with E-state index < -0.39 is 0 Å². The van der Waals surface area contributed by atoms with E-state index in [1.807, 2.05) is 85.9 Å². The molecule has 43 heavy (non-hydrogen) atoms. The standard InChI is InChI=1S/C38H27N5/c1-26-20-31(27-12-5-2-6-13-27)24-35(40-26)33-21-32(30-18-11-19-39-25-30)22-34(23-33)38-42-36(28-14-7-3-8-15-28)41-37(43-38)29-16-9-4-10-17-29/h2-25H,1H3. The van der Waals surface area contributed by atoms with Gasteiger partial charge in [0.1, 0.15) is 0 Å². The summed E-state index contributed by atoms with van der Waals surface area (Å²) >= 11 is 0. The summed E-state index contributed by atoms with van der Waals surface area (Å²) in [5.41, 5.74) is 9.81. The van der Waals surface area contributed by atoms with Crippen LogP contribution in [0.1, 0.15) is 5.69 Å². The number of aryl methyl sites for hydroxylation is 1. The zero-order valence-electron chi connectivity index (χ0n) is 23.6. The molecule has 0 spiro atoms. The first-order chi connectivity index (χ1) is 21.2. The minimum Gasteiger partial charge on any atom is -0.264 e. The Hall–Kier alpha value is -5.81. The van der Waals surface area contributed by atoms with Crippen LogP contribution in [-0.2, 0) is 0 Å². The zero-order chi connectivity index (χ0) is 29.0. The molecular weight excluding hydrogens is 526 g/mol. The molecule has 0 fully saturated rings. The molecule has 7 aromatic rings. The summed E-state index contributed by atoms with van der Waals surface area (Å²) in [5, 5.41) is 0. The van der Waals surface area contributed by atoms with Crippen LogP contribution in [0.3, 0.4) is 0 Å². The summed E-state index contributed by atoms with van der Waals surface area (Å²) < 4.78 is 0. The molecule has 0 aliphatic rings. The molecule has 3 aromatic heterocycles. The van der Waals surface area contributed by atoms with Crippen molar-refractivity contribution in [2.45, 2.75) is 6.92 Å². The van der Waals surface area contributed by atoms with Gasteiger partial charge in [-0.3, -0.25) is 9.97 Å². The van der Waals surface area contributed by atoms with Gasteiger partial charge in [0.2, 0.25) is 0 Å². The smallest absolute Gasteiger partial charge is 0.164 e. The summed E-state index contributed by atoms with van der Waals surface area (Å²) in [5.74, 6) is 1.84. The van der Waals surface area contributed by atoms with Gasteiger partial charge in [0.05, 0.1) is 5.69 Å². The minimum atomic E-state index is 0.593. The lowest BCUT2D eigenvalue weighted by Gasteiger charge is -2.13. The highest BCUT2D eigenvalue weighted by molar-refractivity contribution is 5.80. The molecule has 5 heteroatoms. The molecule has 0 aliphatic carbocycles. The molecule has 5 nitrogen and oxygen atoms in total. The summed E-state index contributed by atoms with van der Waals surface area (Å²) in [4.78, 5) is 24.2. The van der Waals surface area contributed by atoms with Crippen LogP contribution >= 0.6 is 0 Å². The summed E-state index contributed by atoms with van der Waals surface area (Å²) in [7, 11) is 0. The average molecular weight is 554 g/mol. The lowest BCUT2D eigenvalue weighted by atomic mass is 9.96. The molecule has 7 rings (SSSR count). The average Bonchev–Trinajstić information content (AvgIpc) is 3.09. The van der Waals surface area contributed by atoms with Gasteiger partial charge in [0.25, 0.3) is 0 Å². The third-order valence-electron chi connectivity index (χ3n) is 7.24. The molecule has 0 amide bonds. The van der Waals surface area contributed by atoms with E-state index in [-0.39, 0.29) is 0 Å². The molecule has 0 aliphatic heterocycles. The van der Waals surface area contributed by atoms with Gasteiger partial charge in [0.15, 0.2) is 17.5 Å². The van der Waals surface area contributed by atoms with Crippen LogP contribution in [0.25, 0.3) is 67.7 Å². The van der Waals surface area contributed by atoms with E-state index in [1.165, 1.54) is 0 Å². The van der Waals surface area contributed by atoms with Gasteiger partial charge < -0.3 is 0 Å². The molecule has 0 bridgehead atoms. The van der Waals surface area contributed by atoms with Gasteiger partial charge in [-0.25, -0.2) is 15.0 Å². The SMILES string of the molecule is Cc1cc(-c2ccccc2)cc(-c2cc(-c3cccnc3)cc(-c3nc(-c4ccccc4)nc(-c4ccccc4)n3)c2)n1. The van der Waals surface area contributed by atoms with Crippen molar-refractivity contribution in [3.8, 4) is 67.7 Å². The topological polar surface area (TPSA) is 64.5 Å². The van der Waals surface area contributed by atoms with Crippen molar-refractivity contribution in [3.05, 3.63) is 152 Å². The number of benzene rings is 4. The van der Waals surface area contributed by atoms with E-state index >= 15 is 0 Å².